The van der Waals surface area contributed by atoms with Gasteiger partial charge in [-0.1, -0.05) is 13.8 Å². The molecule has 8 heavy (non-hydrogen) atoms. The van der Waals surface area contributed by atoms with E-state index in [-0.39, 0.29) is 0 Å². The van der Waals surface area contributed by atoms with E-state index in [1.54, 1.807) is 0 Å². The van der Waals surface area contributed by atoms with Crippen molar-refractivity contribution >= 4 is 0 Å². The summed E-state index contributed by atoms with van der Waals surface area (Å²) in [6, 6.07) is 0.519. The van der Waals surface area contributed by atoms with Gasteiger partial charge < -0.3 is 10.2 Å². The molecule has 0 fully saturated rings. The molecule has 0 radical (unpaired) electrons. The molecule has 0 spiro atoms. The quantitative estimate of drug-likeness (QED) is 0.399. The van der Waals surface area contributed by atoms with Gasteiger partial charge in [0.1, 0.15) is 0 Å². The molecule has 0 atom stereocenters. The van der Waals surface area contributed by atoms with Crippen molar-refractivity contribution in [3.63, 3.8) is 0 Å². The minimum atomic E-state index is 0.519. The summed E-state index contributed by atoms with van der Waals surface area (Å²) in [6.07, 6.45) is 0. The van der Waals surface area contributed by atoms with Crippen LogP contribution >= 0.6 is 0 Å². The third-order valence-corrected chi connectivity index (χ3v) is 0.772. The minimum Gasteiger partial charge on any atom is -0.312 e. The highest BCUT2D eigenvalue weighted by Gasteiger charge is 1.88. The van der Waals surface area contributed by atoms with Gasteiger partial charge in [-0.25, -0.2) is 5.90 Å². The van der Waals surface area contributed by atoms with Crippen molar-refractivity contribution in [2.75, 3.05) is 13.2 Å². The molecular weight excluding hydrogens is 104 g/mol. The molecule has 0 aromatic carbocycles. The lowest BCUT2D eigenvalue weighted by Gasteiger charge is -2.04. The summed E-state index contributed by atoms with van der Waals surface area (Å²) in [5.41, 5.74) is 0. The SMILES string of the molecule is CC(C)NCCON. The van der Waals surface area contributed by atoms with Crippen molar-refractivity contribution < 1.29 is 4.84 Å². The zero-order valence-corrected chi connectivity index (χ0v) is 5.48. The Morgan fingerprint density at radius 2 is 2.25 bits per heavy atom. The van der Waals surface area contributed by atoms with E-state index in [9.17, 15) is 0 Å². The Labute approximate surface area is 50.2 Å². The van der Waals surface area contributed by atoms with E-state index in [1.807, 2.05) is 0 Å². The zero-order valence-electron chi connectivity index (χ0n) is 5.48. The first-order valence-electron chi connectivity index (χ1n) is 2.82. The van der Waals surface area contributed by atoms with Crippen LogP contribution in [0.5, 0.6) is 0 Å². The standard InChI is InChI=1S/C5H14N2O/c1-5(2)7-3-4-8-6/h5,7H,3-4,6H2,1-2H3. The van der Waals surface area contributed by atoms with Crippen molar-refractivity contribution in [3.8, 4) is 0 Å². The maximum atomic E-state index is 4.77. The molecule has 0 aliphatic carbocycles. The Bertz CT molecular complexity index is 47.7. The normalized spacial score (nSPS) is 10.5. The molecule has 3 nitrogen and oxygen atoms in total. The number of hydrogen-bond acceptors (Lipinski definition) is 3. The van der Waals surface area contributed by atoms with Gasteiger partial charge in [0.2, 0.25) is 0 Å². The average molecular weight is 118 g/mol. The average Bonchev–Trinajstić information content (AvgIpc) is 1.66. The van der Waals surface area contributed by atoms with E-state index < -0.39 is 0 Å². The number of nitrogens with one attached hydrogen (secondary N) is 1. The summed E-state index contributed by atoms with van der Waals surface area (Å²) in [4.78, 5) is 4.33. The Morgan fingerprint density at radius 1 is 1.62 bits per heavy atom. The van der Waals surface area contributed by atoms with Crippen LogP contribution in [-0.4, -0.2) is 19.2 Å². The first kappa shape index (κ1) is 7.88. The van der Waals surface area contributed by atoms with E-state index in [4.69, 9.17) is 5.90 Å². The van der Waals surface area contributed by atoms with E-state index in [1.165, 1.54) is 0 Å². The summed E-state index contributed by atoms with van der Waals surface area (Å²) in [6.45, 7) is 5.57. The van der Waals surface area contributed by atoms with Crippen molar-refractivity contribution in [1.29, 1.82) is 0 Å². The van der Waals surface area contributed by atoms with Gasteiger partial charge in [0, 0.05) is 12.6 Å². The highest BCUT2D eigenvalue weighted by molar-refractivity contribution is 4.49. The fraction of sp³-hybridized carbons (Fsp3) is 1.00. The highest BCUT2D eigenvalue weighted by Crippen LogP contribution is 1.72. The first-order chi connectivity index (χ1) is 3.77. The molecule has 3 heteroatoms. The molecule has 0 saturated carbocycles. The van der Waals surface area contributed by atoms with Crippen LogP contribution in [0.2, 0.25) is 0 Å². The van der Waals surface area contributed by atoms with Gasteiger partial charge in [-0.15, -0.1) is 0 Å². The largest absolute Gasteiger partial charge is 0.312 e. The number of rotatable bonds is 4. The van der Waals surface area contributed by atoms with E-state index in [2.05, 4.69) is 24.0 Å². The molecule has 0 unspecified atom stereocenters. The van der Waals surface area contributed by atoms with Crippen LogP contribution in [-0.2, 0) is 4.84 Å². The Hall–Kier alpha value is -0.120. The monoisotopic (exact) mass is 118 g/mol. The molecular formula is C5H14N2O. The van der Waals surface area contributed by atoms with Crippen molar-refractivity contribution in [3.05, 3.63) is 0 Å². The topological polar surface area (TPSA) is 47.3 Å². The smallest absolute Gasteiger partial charge is 0.0803 e. The molecule has 3 N–H and O–H groups in total. The molecule has 0 aromatic rings. The maximum absolute atomic E-state index is 4.77. The molecule has 0 aromatic heterocycles. The van der Waals surface area contributed by atoms with E-state index >= 15 is 0 Å². The number of hydrogen-bond donors (Lipinski definition) is 2. The van der Waals surface area contributed by atoms with Crippen LogP contribution in [0, 0.1) is 0 Å². The van der Waals surface area contributed by atoms with Crippen molar-refractivity contribution in [2.24, 2.45) is 5.90 Å². The van der Waals surface area contributed by atoms with Gasteiger partial charge in [-0.3, -0.25) is 0 Å². The molecule has 0 aliphatic rings. The predicted octanol–water partition coefficient (Wildman–Crippen LogP) is -0.125. The van der Waals surface area contributed by atoms with Crippen LogP contribution in [0.3, 0.4) is 0 Å². The summed E-state index contributed by atoms with van der Waals surface area (Å²) in [5, 5.41) is 3.14. The fourth-order valence-electron chi connectivity index (χ4n) is 0.407. The van der Waals surface area contributed by atoms with E-state index in [0.717, 1.165) is 6.54 Å². The molecule has 0 aliphatic heterocycles. The Kier molecular flexibility index (Phi) is 4.95. The number of nitrogens with two attached hydrogens (primary N) is 1. The fourth-order valence-corrected chi connectivity index (χ4v) is 0.407. The van der Waals surface area contributed by atoms with Crippen LogP contribution < -0.4 is 11.2 Å². The lowest BCUT2D eigenvalue weighted by atomic mass is 10.4. The first-order valence-corrected chi connectivity index (χ1v) is 2.82. The lowest BCUT2D eigenvalue weighted by molar-refractivity contribution is 0.138. The Balaban J connectivity index is 2.72. The highest BCUT2D eigenvalue weighted by atomic mass is 16.6. The van der Waals surface area contributed by atoms with Crippen LogP contribution in [0.25, 0.3) is 0 Å². The minimum absolute atomic E-state index is 0.519. The van der Waals surface area contributed by atoms with Gasteiger partial charge in [0.05, 0.1) is 6.61 Å². The zero-order chi connectivity index (χ0) is 6.41. The molecule has 0 saturated heterocycles. The summed E-state index contributed by atoms with van der Waals surface area (Å²) in [7, 11) is 0. The van der Waals surface area contributed by atoms with Gasteiger partial charge in [0.15, 0.2) is 0 Å². The summed E-state index contributed by atoms with van der Waals surface area (Å²) >= 11 is 0. The third-order valence-electron chi connectivity index (χ3n) is 0.772. The third kappa shape index (κ3) is 5.88. The molecule has 0 heterocycles. The second-order valence-electron chi connectivity index (χ2n) is 1.98. The van der Waals surface area contributed by atoms with Gasteiger partial charge in [-0.2, -0.15) is 0 Å². The predicted molar refractivity (Wildman–Crippen MR) is 33.3 cm³/mol. The summed E-state index contributed by atoms with van der Waals surface area (Å²) in [5.74, 6) is 4.77. The second kappa shape index (κ2) is 5.03. The van der Waals surface area contributed by atoms with Crippen LogP contribution in [0.1, 0.15) is 13.8 Å². The molecule has 50 valence electrons. The van der Waals surface area contributed by atoms with Crippen LogP contribution in [0.15, 0.2) is 0 Å². The second-order valence-corrected chi connectivity index (χ2v) is 1.98. The Morgan fingerprint density at radius 3 is 2.62 bits per heavy atom. The van der Waals surface area contributed by atoms with Gasteiger partial charge in [0.25, 0.3) is 0 Å². The lowest BCUT2D eigenvalue weighted by Crippen LogP contribution is -2.27. The summed E-state index contributed by atoms with van der Waals surface area (Å²) < 4.78 is 0. The van der Waals surface area contributed by atoms with Crippen molar-refractivity contribution in [1.82, 2.24) is 5.32 Å². The van der Waals surface area contributed by atoms with E-state index in [0.29, 0.717) is 12.6 Å². The van der Waals surface area contributed by atoms with Crippen LogP contribution in [0.4, 0.5) is 0 Å². The molecule has 0 rings (SSSR count). The van der Waals surface area contributed by atoms with Gasteiger partial charge in [-0.05, 0) is 0 Å². The molecule has 0 amide bonds. The van der Waals surface area contributed by atoms with Crippen molar-refractivity contribution in [2.45, 2.75) is 19.9 Å². The maximum Gasteiger partial charge on any atom is 0.0803 e. The van der Waals surface area contributed by atoms with Gasteiger partial charge >= 0.3 is 0 Å². The molecule has 0 bridgehead atoms.